The van der Waals surface area contributed by atoms with Gasteiger partial charge in [0.25, 0.3) is 0 Å². The van der Waals surface area contributed by atoms with Crippen molar-refractivity contribution >= 4 is 22.9 Å². The van der Waals surface area contributed by atoms with Gasteiger partial charge in [0.15, 0.2) is 5.65 Å². The van der Waals surface area contributed by atoms with Crippen LogP contribution in [0.2, 0.25) is 0 Å². The lowest BCUT2D eigenvalue weighted by molar-refractivity contribution is 0.0113. The van der Waals surface area contributed by atoms with Gasteiger partial charge in [-0.1, -0.05) is 0 Å². The maximum atomic E-state index is 10.0. The van der Waals surface area contributed by atoms with Gasteiger partial charge in [-0.25, -0.2) is 15.0 Å². The zero-order valence-electron chi connectivity index (χ0n) is 9.29. The molecular weight excluding hydrogens is 256 g/mol. The molecule has 0 saturated carbocycles. The van der Waals surface area contributed by atoms with Crippen LogP contribution in [0.4, 0.5) is 0 Å². The van der Waals surface area contributed by atoms with Crippen molar-refractivity contribution in [2.24, 2.45) is 0 Å². The number of aliphatic hydroxyl groups is 3. The van der Waals surface area contributed by atoms with Crippen molar-refractivity contribution in [2.75, 3.05) is 6.61 Å². The molecular formula is C10H12N4O3S. The van der Waals surface area contributed by atoms with Crippen LogP contribution in [-0.4, -0.2) is 58.9 Å². The first-order valence-corrected chi connectivity index (χ1v) is 6.41. The number of rotatable bonds is 2. The molecule has 2 aromatic rings. The van der Waals surface area contributed by atoms with Gasteiger partial charge < -0.3 is 15.3 Å². The van der Waals surface area contributed by atoms with Crippen LogP contribution in [0.25, 0.3) is 11.2 Å². The molecule has 0 amide bonds. The van der Waals surface area contributed by atoms with Crippen molar-refractivity contribution in [1.82, 2.24) is 19.5 Å². The van der Waals surface area contributed by atoms with Gasteiger partial charge in [0.2, 0.25) is 0 Å². The highest BCUT2D eigenvalue weighted by Gasteiger charge is 2.43. The van der Waals surface area contributed by atoms with E-state index in [1.165, 1.54) is 18.1 Å². The van der Waals surface area contributed by atoms with Crippen LogP contribution in [0.15, 0.2) is 18.9 Å². The van der Waals surface area contributed by atoms with Crippen LogP contribution in [0.5, 0.6) is 0 Å². The van der Waals surface area contributed by atoms with Crippen molar-refractivity contribution in [3.63, 3.8) is 0 Å². The fraction of sp³-hybridized carbons (Fsp3) is 0.500. The summed E-state index contributed by atoms with van der Waals surface area (Å²) in [4.78, 5) is 12.1. The van der Waals surface area contributed by atoms with Gasteiger partial charge >= 0.3 is 0 Å². The molecule has 3 rings (SSSR count). The van der Waals surface area contributed by atoms with E-state index in [0.29, 0.717) is 11.2 Å². The first-order valence-electron chi connectivity index (χ1n) is 5.47. The number of nitrogens with zero attached hydrogens (tertiary/aromatic N) is 4. The Morgan fingerprint density at radius 2 is 2.11 bits per heavy atom. The Kier molecular flexibility index (Phi) is 2.94. The molecule has 0 aliphatic carbocycles. The molecule has 1 saturated heterocycles. The molecule has 0 bridgehead atoms. The summed E-state index contributed by atoms with van der Waals surface area (Å²) in [5, 5.41) is 28.2. The molecule has 96 valence electrons. The van der Waals surface area contributed by atoms with Gasteiger partial charge in [-0.3, -0.25) is 4.57 Å². The molecule has 0 radical (unpaired) electrons. The second-order valence-electron chi connectivity index (χ2n) is 4.11. The zero-order chi connectivity index (χ0) is 12.7. The van der Waals surface area contributed by atoms with Crippen molar-refractivity contribution in [2.45, 2.75) is 22.8 Å². The third kappa shape index (κ3) is 1.69. The molecule has 3 N–H and O–H groups in total. The summed E-state index contributed by atoms with van der Waals surface area (Å²) in [6.07, 6.45) is 2.65. The molecule has 18 heavy (non-hydrogen) atoms. The predicted molar refractivity (Wildman–Crippen MR) is 64.8 cm³/mol. The summed E-state index contributed by atoms with van der Waals surface area (Å²) < 4.78 is 1.70. The Bertz CT molecular complexity index is 563. The average molecular weight is 268 g/mol. The summed E-state index contributed by atoms with van der Waals surface area (Å²) in [7, 11) is 0. The molecule has 8 heteroatoms. The van der Waals surface area contributed by atoms with Crippen LogP contribution in [0.1, 0.15) is 5.37 Å². The maximum Gasteiger partial charge on any atom is 0.164 e. The van der Waals surface area contributed by atoms with E-state index in [1.807, 2.05) is 0 Å². The van der Waals surface area contributed by atoms with Crippen LogP contribution >= 0.6 is 11.8 Å². The number of fused-ring (bicyclic) bond motifs is 1. The minimum atomic E-state index is -0.959. The smallest absolute Gasteiger partial charge is 0.164 e. The Morgan fingerprint density at radius 1 is 1.28 bits per heavy atom. The molecule has 7 nitrogen and oxygen atoms in total. The summed E-state index contributed by atoms with van der Waals surface area (Å²) in [5.74, 6) is 0. The number of thioether (sulfide) groups is 1. The maximum absolute atomic E-state index is 10.0. The fourth-order valence-corrected chi connectivity index (χ4v) is 3.45. The summed E-state index contributed by atoms with van der Waals surface area (Å²) in [6, 6.07) is 0. The molecule has 1 fully saturated rings. The highest BCUT2D eigenvalue weighted by Crippen LogP contribution is 2.42. The monoisotopic (exact) mass is 268 g/mol. The van der Waals surface area contributed by atoms with Gasteiger partial charge in [0, 0.05) is 0 Å². The number of hydrogen-bond acceptors (Lipinski definition) is 7. The Balaban J connectivity index is 2.00. The lowest BCUT2D eigenvalue weighted by atomic mass is 10.1. The molecule has 0 spiro atoms. The number of aromatic nitrogens is 4. The predicted octanol–water partition coefficient (Wildman–Crippen LogP) is -0.846. The van der Waals surface area contributed by atoms with Crippen molar-refractivity contribution < 1.29 is 15.3 Å². The molecule has 4 atom stereocenters. The minimum Gasteiger partial charge on any atom is -0.395 e. The molecule has 2 aromatic heterocycles. The lowest BCUT2D eigenvalue weighted by Crippen LogP contribution is -2.32. The van der Waals surface area contributed by atoms with Crippen LogP contribution < -0.4 is 0 Å². The van der Waals surface area contributed by atoms with E-state index < -0.39 is 22.8 Å². The van der Waals surface area contributed by atoms with Crippen molar-refractivity contribution in [3.05, 3.63) is 18.9 Å². The Labute approximate surface area is 107 Å². The second kappa shape index (κ2) is 4.47. The van der Waals surface area contributed by atoms with E-state index in [1.54, 1.807) is 17.1 Å². The van der Waals surface area contributed by atoms with Crippen LogP contribution in [-0.2, 0) is 0 Å². The zero-order valence-corrected chi connectivity index (χ0v) is 10.1. The van der Waals surface area contributed by atoms with E-state index in [0.717, 1.165) is 0 Å². The highest BCUT2D eigenvalue weighted by molar-refractivity contribution is 8.00. The third-order valence-corrected chi connectivity index (χ3v) is 4.59. The van der Waals surface area contributed by atoms with E-state index >= 15 is 0 Å². The average Bonchev–Trinajstić information content (AvgIpc) is 2.93. The summed E-state index contributed by atoms with van der Waals surface area (Å²) in [5.41, 5.74) is 1.24. The van der Waals surface area contributed by atoms with Gasteiger partial charge in [-0.2, -0.15) is 0 Å². The first kappa shape index (κ1) is 11.8. The standard InChI is InChI=1S/C10H12N4O3S/c15-2-6-7(16)8(17)10(18-6)14-4-13-5-1-11-3-12-9(5)14/h1,3-4,6-8,10,15-17H,2H2. The molecule has 1 aliphatic rings. The van der Waals surface area contributed by atoms with Crippen LogP contribution in [0.3, 0.4) is 0 Å². The molecule has 4 unspecified atom stereocenters. The summed E-state index contributed by atoms with van der Waals surface area (Å²) >= 11 is 1.31. The Hall–Kier alpha value is -1.22. The Morgan fingerprint density at radius 3 is 2.83 bits per heavy atom. The number of aliphatic hydroxyl groups excluding tert-OH is 3. The minimum absolute atomic E-state index is 0.180. The van der Waals surface area contributed by atoms with E-state index in [2.05, 4.69) is 15.0 Å². The van der Waals surface area contributed by atoms with E-state index in [9.17, 15) is 10.2 Å². The van der Waals surface area contributed by atoms with Gasteiger partial charge in [0.1, 0.15) is 23.3 Å². The lowest BCUT2D eigenvalue weighted by Gasteiger charge is -2.16. The SMILES string of the molecule is OCC1SC(n2cnc3cncnc32)C(O)C1O. The second-order valence-corrected chi connectivity index (χ2v) is 5.47. The van der Waals surface area contributed by atoms with Gasteiger partial charge in [0.05, 0.1) is 30.5 Å². The van der Waals surface area contributed by atoms with Crippen molar-refractivity contribution in [1.29, 1.82) is 0 Å². The highest BCUT2D eigenvalue weighted by atomic mass is 32.2. The number of imidazole rings is 1. The van der Waals surface area contributed by atoms with E-state index in [-0.39, 0.29) is 6.61 Å². The molecule has 0 aromatic carbocycles. The van der Waals surface area contributed by atoms with Gasteiger partial charge in [-0.05, 0) is 0 Å². The normalized spacial score (nSPS) is 32.2. The van der Waals surface area contributed by atoms with E-state index in [4.69, 9.17) is 5.11 Å². The fourth-order valence-electron chi connectivity index (χ4n) is 2.08. The van der Waals surface area contributed by atoms with Crippen LogP contribution in [0, 0.1) is 0 Å². The number of hydrogen-bond donors (Lipinski definition) is 3. The van der Waals surface area contributed by atoms with Crippen molar-refractivity contribution in [3.8, 4) is 0 Å². The molecule has 3 heterocycles. The largest absolute Gasteiger partial charge is 0.395 e. The molecule has 1 aliphatic heterocycles. The quantitative estimate of drug-likeness (QED) is 0.652. The summed E-state index contributed by atoms with van der Waals surface area (Å²) in [6.45, 7) is -0.180. The first-order chi connectivity index (χ1) is 8.72. The topological polar surface area (TPSA) is 104 Å². The van der Waals surface area contributed by atoms with Gasteiger partial charge in [-0.15, -0.1) is 11.8 Å². The third-order valence-electron chi connectivity index (χ3n) is 3.03.